The maximum absolute atomic E-state index is 12.3. The van der Waals surface area contributed by atoms with Crippen molar-refractivity contribution in [2.45, 2.75) is 44.8 Å². The Morgan fingerprint density at radius 3 is 2.55 bits per heavy atom. The molecule has 0 saturated carbocycles. The molecule has 5 nitrogen and oxygen atoms in total. The minimum atomic E-state index is -4.13. The van der Waals surface area contributed by atoms with E-state index >= 15 is 0 Å². The van der Waals surface area contributed by atoms with E-state index in [0.717, 1.165) is 19.3 Å². The van der Waals surface area contributed by atoms with Crippen LogP contribution in [0.3, 0.4) is 0 Å². The van der Waals surface area contributed by atoms with Gasteiger partial charge in [0.15, 0.2) is 0 Å². The van der Waals surface area contributed by atoms with E-state index in [2.05, 4.69) is 10.6 Å². The predicted octanol–water partition coefficient (Wildman–Crippen LogP) is 1.72. The number of carbonyl (C=O) groups excluding carboxylic acids is 1. The number of piperidine rings is 1. The first-order valence-corrected chi connectivity index (χ1v) is 7.74. The molecule has 1 heterocycles. The lowest BCUT2D eigenvalue weighted by atomic mass is 9.93. The van der Waals surface area contributed by atoms with Crippen LogP contribution in [-0.4, -0.2) is 61.0 Å². The molecule has 1 aliphatic rings. The van der Waals surface area contributed by atoms with E-state index in [1.807, 2.05) is 6.92 Å². The van der Waals surface area contributed by atoms with E-state index in [0.29, 0.717) is 32.0 Å². The number of hydrogen-bond acceptors (Lipinski definition) is 3. The van der Waals surface area contributed by atoms with Crippen molar-refractivity contribution in [3.63, 3.8) is 0 Å². The topological polar surface area (TPSA) is 64.6 Å². The number of halogens is 3. The molecule has 1 rings (SSSR count). The zero-order valence-corrected chi connectivity index (χ0v) is 13.0. The minimum absolute atomic E-state index is 0.0257. The number of urea groups is 1. The second kappa shape index (κ2) is 9.19. The molecule has 0 aromatic rings. The third kappa shape index (κ3) is 8.43. The zero-order chi connectivity index (χ0) is 16.6. The number of likely N-dealkylation sites (tertiary alicyclic amines) is 1. The van der Waals surface area contributed by atoms with Gasteiger partial charge in [-0.2, -0.15) is 13.2 Å². The second-order valence-corrected chi connectivity index (χ2v) is 5.94. The Bertz CT molecular complexity index is 332. The summed E-state index contributed by atoms with van der Waals surface area (Å²) in [6.07, 6.45) is -1.37. The molecule has 1 atom stereocenters. The predicted molar refractivity (Wildman–Crippen MR) is 77.5 cm³/mol. The lowest BCUT2D eigenvalue weighted by molar-refractivity contribution is -0.148. The molecule has 2 amide bonds. The van der Waals surface area contributed by atoms with Gasteiger partial charge in [-0.3, -0.25) is 4.90 Å². The number of hydrogen-bond donors (Lipinski definition) is 3. The monoisotopic (exact) mass is 325 g/mol. The Morgan fingerprint density at radius 2 is 2.00 bits per heavy atom. The highest BCUT2D eigenvalue weighted by Crippen LogP contribution is 2.23. The summed E-state index contributed by atoms with van der Waals surface area (Å²) in [6, 6.07) is -0.355. The van der Waals surface area contributed by atoms with E-state index in [-0.39, 0.29) is 18.7 Å². The maximum atomic E-state index is 12.3. The van der Waals surface area contributed by atoms with Gasteiger partial charge in [-0.1, -0.05) is 0 Å². The van der Waals surface area contributed by atoms with Gasteiger partial charge in [0.1, 0.15) is 0 Å². The molecule has 1 saturated heterocycles. The lowest BCUT2D eigenvalue weighted by Gasteiger charge is -2.32. The van der Waals surface area contributed by atoms with Crippen LogP contribution >= 0.6 is 0 Å². The van der Waals surface area contributed by atoms with Crippen LogP contribution in [0.2, 0.25) is 0 Å². The fourth-order valence-electron chi connectivity index (χ4n) is 2.62. The summed E-state index contributed by atoms with van der Waals surface area (Å²) >= 11 is 0. The molecule has 1 aliphatic heterocycles. The number of alkyl halides is 3. The highest BCUT2D eigenvalue weighted by Gasteiger charge is 2.32. The Kier molecular flexibility index (Phi) is 7.95. The molecular formula is C14H26F3N3O2. The normalized spacial score (nSPS) is 19.0. The highest BCUT2D eigenvalue weighted by molar-refractivity contribution is 5.74. The largest absolute Gasteiger partial charge is 0.401 e. The van der Waals surface area contributed by atoms with Crippen molar-refractivity contribution in [3.05, 3.63) is 0 Å². The van der Waals surface area contributed by atoms with Gasteiger partial charge < -0.3 is 15.7 Å². The summed E-state index contributed by atoms with van der Waals surface area (Å²) < 4.78 is 36.8. The third-order valence-electron chi connectivity index (χ3n) is 3.89. The quantitative estimate of drug-likeness (QED) is 0.668. The molecule has 8 heteroatoms. The van der Waals surface area contributed by atoms with E-state index in [1.54, 1.807) is 0 Å². The van der Waals surface area contributed by atoms with Crippen molar-refractivity contribution >= 4 is 6.03 Å². The van der Waals surface area contributed by atoms with Crippen molar-refractivity contribution in [2.24, 2.45) is 5.92 Å². The van der Waals surface area contributed by atoms with Crippen molar-refractivity contribution in [1.29, 1.82) is 0 Å². The van der Waals surface area contributed by atoms with Gasteiger partial charge in [0, 0.05) is 19.2 Å². The van der Waals surface area contributed by atoms with Crippen molar-refractivity contribution in [1.82, 2.24) is 15.5 Å². The van der Waals surface area contributed by atoms with Crippen molar-refractivity contribution in [3.8, 4) is 0 Å². The maximum Gasteiger partial charge on any atom is 0.401 e. The molecular weight excluding hydrogens is 299 g/mol. The molecule has 0 aromatic heterocycles. The fraction of sp³-hybridized carbons (Fsp3) is 0.929. The highest BCUT2D eigenvalue weighted by atomic mass is 19.4. The van der Waals surface area contributed by atoms with Gasteiger partial charge in [-0.05, 0) is 51.6 Å². The van der Waals surface area contributed by atoms with Gasteiger partial charge in [0.25, 0.3) is 0 Å². The first-order chi connectivity index (χ1) is 10.3. The Morgan fingerprint density at radius 1 is 1.36 bits per heavy atom. The molecule has 22 heavy (non-hydrogen) atoms. The summed E-state index contributed by atoms with van der Waals surface area (Å²) in [7, 11) is 0. The van der Waals surface area contributed by atoms with Crippen LogP contribution in [-0.2, 0) is 0 Å². The molecule has 0 aromatic carbocycles. The van der Waals surface area contributed by atoms with Crippen LogP contribution in [0.15, 0.2) is 0 Å². The second-order valence-electron chi connectivity index (χ2n) is 5.94. The Labute approximate surface area is 129 Å². The summed E-state index contributed by atoms with van der Waals surface area (Å²) in [6.45, 7) is 2.45. The Hall–Kier alpha value is -1.02. The molecule has 3 N–H and O–H groups in total. The number of nitrogens with zero attached hydrogens (tertiary/aromatic N) is 1. The third-order valence-corrected chi connectivity index (χ3v) is 3.89. The molecule has 1 fully saturated rings. The molecule has 0 spiro atoms. The summed E-state index contributed by atoms with van der Waals surface area (Å²) in [4.78, 5) is 13.0. The van der Waals surface area contributed by atoms with Crippen molar-refractivity contribution in [2.75, 3.05) is 32.8 Å². The zero-order valence-electron chi connectivity index (χ0n) is 13.0. The number of carbonyl (C=O) groups is 1. The lowest BCUT2D eigenvalue weighted by Crippen LogP contribution is -2.43. The van der Waals surface area contributed by atoms with Gasteiger partial charge in [0.05, 0.1) is 6.54 Å². The average molecular weight is 325 g/mol. The standard InChI is InChI=1S/C14H26F3N3O2/c1-11(5-9-21)19-13(22)18-6-2-12-3-7-20(8-4-12)10-14(15,16)17/h11-12,21H,2-10H2,1H3,(H2,18,19,22)/t11-/m1/s1. The molecule has 0 bridgehead atoms. The molecule has 0 unspecified atom stereocenters. The number of nitrogens with one attached hydrogen (secondary N) is 2. The van der Waals surface area contributed by atoms with Crippen LogP contribution in [0, 0.1) is 5.92 Å². The van der Waals surface area contributed by atoms with E-state index < -0.39 is 12.7 Å². The fourth-order valence-corrected chi connectivity index (χ4v) is 2.62. The van der Waals surface area contributed by atoms with Gasteiger partial charge in [0.2, 0.25) is 0 Å². The summed E-state index contributed by atoms with van der Waals surface area (Å²) in [5, 5.41) is 14.2. The number of aliphatic hydroxyl groups excluding tert-OH is 1. The Balaban J connectivity index is 2.11. The molecule has 130 valence electrons. The van der Waals surface area contributed by atoms with Crippen LogP contribution in [0.4, 0.5) is 18.0 Å². The number of rotatable bonds is 7. The van der Waals surface area contributed by atoms with Gasteiger partial charge in [-0.25, -0.2) is 4.79 Å². The van der Waals surface area contributed by atoms with Crippen molar-refractivity contribution < 1.29 is 23.1 Å². The molecule has 0 aliphatic carbocycles. The smallest absolute Gasteiger partial charge is 0.396 e. The first kappa shape index (κ1) is 19.0. The van der Waals surface area contributed by atoms with E-state index in [4.69, 9.17) is 5.11 Å². The van der Waals surface area contributed by atoms with E-state index in [1.165, 1.54) is 4.90 Å². The number of aliphatic hydroxyl groups is 1. The molecule has 0 radical (unpaired) electrons. The number of amides is 2. The van der Waals surface area contributed by atoms with Crippen LogP contribution < -0.4 is 10.6 Å². The first-order valence-electron chi connectivity index (χ1n) is 7.74. The summed E-state index contributed by atoms with van der Waals surface area (Å²) in [5.41, 5.74) is 0. The van der Waals surface area contributed by atoms with Crippen LogP contribution in [0.25, 0.3) is 0 Å². The van der Waals surface area contributed by atoms with Gasteiger partial charge in [-0.15, -0.1) is 0 Å². The van der Waals surface area contributed by atoms with Crippen LogP contribution in [0.1, 0.15) is 32.6 Å². The van der Waals surface area contributed by atoms with E-state index in [9.17, 15) is 18.0 Å². The summed E-state index contributed by atoms with van der Waals surface area (Å²) in [5.74, 6) is 0.361. The minimum Gasteiger partial charge on any atom is -0.396 e. The SMILES string of the molecule is C[C@H](CCO)NC(=O)NCCC1CCN(CC(F)(F)F)CC1. The average Bonchev–Trinajstić information content (AvgIpc) is 2.39. The van der Waals surface area contributed by atoms with Gasteiger partial charge >= 0.3 is 12.2 Å². The van der Waals surface area contributed by atoms with Crippen LogP contribution in [0.5, 0.6) is 0 Å².